The van der Waals surface area contributed by atoms with Crippen molar-refractivity contribution < 1.29 is 9.68 Å². The zero-order chi connectivity index (χ0) is 25.2. The van der Waals surface area contributed by atoms with Gasteiger partial charge in [-0.15, -0.1) is 0 Å². The van der Waals surface area contributed by atoms with Crippen LogP contribution < -0.4 is 0 Å². The average molecular weight is 493 g/mol. The van der Waals surface area contributed by atoms with Crippen molar-refractivity contribution in [3.8, 4) is 0 Å². The van der Waals surface area contributed by atoms with Crippen LogP contribution in [0.1, 0.15) is 65.7 Å². The second-order valence-corrected chi connectivity index (χ2v) is 9.97. The van der Waals surface area contributed by atoms with Crippen molar-refractivity contribution in [3.05, 3.63) is 82.2 Å². The van der Waals surface area contributed by atoms with Crippen LogP contribution in [0.3, 0.4) is 0 Å². The fraction of sp³-hybridized carbons (Fsp3) is 0.355. The van der Waals surface area contributed by atoms with E-state index in [-0.39, 0.29) is 0 Å². The zero-order valence-corrected chi connectivity index (χ0v) is 21.6. The minimum atomic E-state index is 0.481. The number of fused-ring (bicyclic) bond motifs is 4. The highest BCUT2D eigenvalue weighted by Gasteiger charge is 2.22. The van der Waals surface area contributed by atoms with Crippen LogP contribution in [0.4, 0.5) is 0 Å². The van der Waals surface area contributed by atoms with Crippen LogP contribution in [0, 0.1) is 13.8 Å². The molecule has 37 heavy (non-hydrogen) atoms. The normalized spacial score (nSPS) is 17.2. The van der Waals surface area contributed by atoms with Crippen molar-refractivity contribution in [3.63, 3.8) is 0 Å². The zero-order valence-electron chi connectivity index (χ0n) is 21.6. The lowest BCUT2D eigenvalue weighted by Crippen LogP contribution is -2.17. The summed E-state index contributed by atoms with van der Waals surface area (Å²) in [6, 6.07) is 16.6. The number of aromatic nitrogens is 2. The van der Waals surface area contributed by atoms with E-state index < -0.39 is 0 Å². The van der Waals surface area contributed by atoms with Crippen LogP contribution in [0.25, 0.3) is 21.8 Å². The van der Waals surface area contributed by atoms with Gasteiger partial charge < -0.3 is 9.68 Å². The van der Waals surface area contributed by atoms with Crippen molar-refractivity contribution in [2.75, 3.05) is 13.2 Å². The van der Waals surface area contributed by atoms with Gasteiger partial charge in [-0.05, 0) is 86.8 Å². The largest absolute Gasteiger partial charge is 0.395 e. The van der Waals surface area contributed by atoms with Gasteiger partial charge in [-0.25, -0.2) is 9.97 Å². The Bertz CT molecular complexity index is 1420. The molecule has 6 heteroatoms. The molecule has 0 N–H and O–H groups in total. The molecule has 2 aromatic heterocycles. The van der Waals surface area contributed by atoms with Crippen molar-refractivity contribution in [1.29, 1.82) is 0 Å². The first-order valence-electron chi connectivity index (χ1n) is 13.4. The smallest absolute Gasteiger partial charge is 0.120 e. The Hall–Kier alpha value is -3.80. The molecule has 6 nitrogen and oxygen atoms in total. The number of oxime groups is 2. The Morgan fingerprint density at radius 1 is 0.649 bits per heavy atom. The van der Waals surface area contributed by atoms with Gasteiger partial charge in [0.2, 0.25) is 0 Å². The van der Waals surface area contributed by atoms with E-state index in [1.165, 1.54) is 33.0 Å². The lowest BCUT2D eigenvalue weighted by atomic mass is 9.89. The third-order valence-corrected chi connectivity index (χ3v) is 7.61. The van der Waals surface area contributed by atoms with Gasteiger partial charge in [0.1, 0.15) is 24.6 Å². The standard InChI is InChI=1S/C31H32N4O2/c1-20-22-10-3-5-14-26(22)32-30-24(20)12-7-16-28(30)34-36-18-9-19-37-35-29-17-8-13-25-21(2)23-11-4-6-15-27(23)33-31(25)29/h3-6,10-11,14-15H,7-9,12-13,16-19H2,1-2H3/b34-28+,35-29+. The Balaban J connectivity index is 1.08. The Morgan fingerprint density at radius 2 is 1.11 bits per heavy atom. The number of nitrogens with zero attached hydrogens (tertiary/aromatic N) is 4. The number of para-hydroxylation sites is 2. The summed E-state index contributed by atoms with van der Waals surface area (Å²) in [5.41, 5.74) is 11.1. The van der Waals surface area contributed by atoms with Crippen LogP contribution in [0.5, 0.6) is 0 Å². The quantitative estimate of drug-likeness (QED) is 0.224. The topological polar surface area (TPSA) is 69.0 Å². The first kappa shape index (κ1) is 23.6. The Kier molecular flexibility index (Phi) is 6.56. The van der Waals surface area contributed by atoms with Gasteiger partial charge in [-0.1, -0.05) is 46.7 Å². The molecule has 0 bridgehead atoms. The summed E-state index contributed by atoms with van der Waals surface area (Å²) in [7, 11) is 0. The summed E-state index contributed by atoms with van der Waals surface area (Å²) in [4.78, 5) is 21.2. The van der Waals surface area contributed by atoms with Gasteiger partial charge in [0.25, 0.3) is 0 Å². The summed E-state index contributed by atoms with van der Waals surface area (Å²) in [6.45, 7) is 5.34. The molecule has 4 aromatic rings. The van der Waals surface area contributed by atoms with Gasteiger partial charge in [0.15, 0.2) is 0 Å². The molecule has 0 saturated carbocycles. The summed E-state index contributed by atoms with van der Waals surface area (Å²) in [5.74, 6) is 0. The van der Waals surface area contributed by atoms with E-state index in [0.717, 1.165) is 72.4 Å². The molecule has 2 aliphatic carbocycles. The molecule has 2 heterocycles. The second kappa shape index (κ2) is 10.3. The number of pyridine rings is 2. The third-order valence-electron chi connectivity index (χ3n) is 7.61. The minimum Gasteiger partial charge on any atom is -0.395 e. The SMILES string of the molecule is Cc1c2c(nc3ccccc13)/C(=N/OCCCO/N=C1\CCCc3c1nc1ccccc1c3C)CCC2. The highest BCUT2D eigenvalue weighted by Crippen LogP contribution is 2.30. The predicted octanol–water partition coefficient (Wildman–Crippen LogP) is 6.60. The van der Waals surface area contributed by atoms with Crippen LogP contribution >= 0.6 is 0 Å². The van der Waals surface area contributed by atoms with E-state index >= 15 is 0 Å². The molecule has 0 fully saturated rings. The van der Waals surface area contributed by atoms with Crippen molar-refractivity contribution in [1.82, 2.24) is 9.97 Å². The molecule has 0 unspecified atom stereocenters. The van der Waals surface area contributed by atoms with Crippen molar-refractivity contribution >= 4 is 33.2 Å². The number of aryl methyl sites for hydroxylation is 2. The molecule has 0 radical (unpaired) electrons. The molecule has 0 amide bonds. The van der Waals surface area contributed by atoms with E-state index in [4.69, 9.17) is 19.6 Å². The van der Waals surface area contributed by atoms with Gasteiger partial charge in [0, 0.05) is 17.2 Å². The minimum absolute atomic E-state index is 0.481. The predicted molar refractivity (Wildman–Crippen MR) is 148 cm³/mol. The molecule has 0 atom stereocenters. The first-order valence-corrected chi connectivity index (χ1v) is 13.4. The molecule has 2 aromatic carbocycles. The van der Waals surface area contributed by atoms with Gasteiger partial charge >= 0.3 is 0 Å². The van der Waals surface area contributed by atoms with Crippen LogP contribution in [0.2, 0.25) is 0 Å². The monoisotopic (exact) mass is 492 g/mol. The number of hydrogen-bond acceptors (Lipinski definition) is 6. The van der Waals surface area contributed by atoms with Gasteiger partial charge in [0.05, 0.1) is 22.4 Å². The van der Waals surface area contributed by atoms with Crippen molar-refractivity contribution in [2.24, 2.45) is 10.3 Å². The van der Waals surface area contributed by atoms with E-state index in [1.54, 1.807) is 0 Å². The molecule has 0 aliphatic heterocycles. The molecule has 6 rings (SSSR count). The molecule has 0 saturated heterocycles. The molecule has 188 valence electrons. The van der Waals surface area contributed by atoms with E-state index in [1.807, 2.05) is 12.1 Å². The lowest BCUT2D eigenvalue weighted by molar-refractivity contribution is 0.0894. The highest BCUT2D eigenvalue weighted by molar-refractivity contribution is 6.04. The molecular formula is C31H32N4O2. The number of hydrogen-bond donors (Lipinski definition) is 0. The summed E-state index contributed by atoms with van der Waals surface area (Å²) >= 11 is 0. The van der Waals surface area contributed by atoms with Crippen molar-refractivity contribution in [2.45, 2.75) is 58.8 Å². The Morgan fingerprint density at radius 3 is 1.59 bits per heavy atom. The lowest BCUT2D eigenvalue weighted by Gasteiger charge is -2.20. The van der Waals surface area contributed by atoms with Gasteiger partial charge in [-0.3, -0.25) is 0 Å². The third kappa shape index (κ3) is 4.57. The fourth-order valence-corrected chi connectivity index (χ4v) is 5.64. The molecule has 2 aliphatic rings. The first-order chi connectivity index (χ1) is 18.2. The number of benzene rings is 2. The highest BCUT2D eigenvalue weighted by atomic mass is 16.6. The van der Waals surface area contributed by atoms with Gasteiger partial charge in [-0.2, -0.15) is 0 Å². The molecule has 0 spiro atoms. The van der Waals surface area contributed by atoms with E-state index in [2.05, 4.69) is 60.6 Å². The van der Waals surface area contributed by atoms with Crippen LogP contribution in [0.15, 0.2) is 58.8 Å². The maximum absolute atomic E-state index is 5.70. The summed E-state index contributed by atoms with van der Waals surface area (Å²) < 4.78 is 0. The van der Waals surface area contributed by atoms with E-state index in [0.29, 0.717) is 19.6 Å². The maximum Gasteiger partial charge on any atom is 0.120 e. The maximum atomic E-state index is 5.70. The second-order valence-electron chi connectivity index (χ2n) is 9.97. The van der Waals surface area contributed by atoms with Crippen LogP contribution in [-0.4, -0.2) is 34.6 Å². The molecular weight excluding hydrogens is 460 g/mol. The van der Waals surface area contributed by atoms with E-state index in [9.17, 15) is 0 Å². The fourth-order valence-electron chi connectivity index (χ4n) is 5.64. The van der Waals surface area contributed by atoms with Crippen LogP contribution in [-0.2, 0) is 22.5 Å². The number of rotatable bonds is 6. The Labute approximate surface area is 217 Å². The summed E-state index contributed by atoms with van der Waals surface area (Å²) in [6.07, 6.45) is 6.72. The average Bonchev–Trinajstić information content (AvgIpc) is 2.93. The summed E-state index contributed by atoms with van der Waals surface area (Å²) in [5, 5.41) is 11.4.